The zero-order valence-corrected chi connectivity index (χ0v) is 15.2. The lowest BCUT2D eigenvalue weighted by Gasteiger charge is -2.12. The van der Waals surface area contributed by atoms with Crippen LogP contribution >= 0.6 is 0 Å². The third-order valence-corrected chi connectivity index (χ3v) is 3.37. The van der Waals surface area contributed by atoms with Crippen LogP contribution in [0.3, 0.4) is 0 Å². The van der Waals surface area contributed by atoms with Gasteiger partial charge in [0.15, 0.2) is 11.5 Å². The summed E-state index contributed by atoms with van der Waals surface area (Å²) in [6.45, 7) is 6.35. The van der Waals surface area contributed by atoms with Gasteiger partial charge in [-0.05, 0) is 51.1 Å². The molecule has 0 saturated carbocycles. The van der Waals surface area contributed by atoms with Crippen LogP contribution < -0.4 is 20.1 Å². The number of nitrogens with one attached hydrogen (secondary N) is 2. The molecule has 7 nitrogen and oxygen atoms in total. The van der Waals surface area contributed by atoms with Crippen LogP contribution in [0.2, 0.25) is 0 Å². The molecule has 0 spiro atoms. The highest BCUT2D eigenvalue weighted by atomic mass is 16.5. The molecule has 138 valence electrons. The minimum atomic E-state index is -0.374. The van der Waals surface area contributed by atoms with E-state index < -0.39 is 0 Å². The van der Waals surface area contributed by atoms with Crippen LogP contribution in [0, 0.1) is 6.92 Å². The van der Waals surface area contributed by atoms with Gasteiger partial charge in [0.1, 0.15) is 5.82 Å². The van der Waals surface area contributed by atoms with Crippen molar-refractivity contribution in [1.82, 2.24) is 10.3 Å². The van der Waals surface area contributed by atoms with Crippen molar-refractivity contribution in [3.8, 4) is 11.5 Å². The Morgan fingerprint density at radius 3 is 2.46 bits per heavy atom. The second-order valence-electron chi connectivity index (χ2n) is 5.42. The van der Waals surface area contributed by atoms with Crippen LogP contribution in [0.1, 0.15) is 29.9 Å². The molecule has 1 aromatic heterocycles. The zero-order valence-electron chi connectivity index (χ0n) is 15.2. The number of benzene rings is 1. The minimum Gasteiger partial charge on any atom is -0.490 e. The van der Waals surface area contributed by atoms with Crippen LogP contribution in [-0.2, 0) is 4.79 Å². The molecule has 0 radical (unpaired) electrons. The Kier molecular flexibility index (Phi) is 6.96. The first-order valence-electron chi connectivity index (χ1n) is 8.44. The second kappa shape index (κ2) is 9.41. The number of aryl methyl sites for hydroxylation is 1. The van der Waals surface area contributed by atoms with Crippen molar-refractivity contribution in [2.75, 3.05) is 25.1 Å². The third-order valence-electron chi connectivity index (χ3n) is 3.37. The highest BCUT2D eigenvalue weighted by molar-refractivity contribution is 5.99. The van der Waals surface area contributed by atoms with E-state index in [1.165, 1.54) is 0 Å². The fourth-order valence-corrected chi connectivity index (χ4v) is 2.25. The molecule has 26 heavy (non-hydrogen) atoms. The smallest absolute Gasteiger partial charge is 0.251 e. The molecule has 2 aromatic rings. The highest BCUT2D eigenvalue weighted by Gasteiger charge is 2.13. The summed E-state index contributed by atoms with van der Waals surface area (Å²) in [6.07, 6.45) is 0. The summed E-state index contributed by atoms with van der Waals surface area (Å²) in [4.78, 5) is 28.4. The van der Waals surface area contributed by atoms with Gasteiger partial charge >= 0.3 is 0 Å². The topological polar surface area (TPSA) is 89.5 Å². The van der Waals surface area contributed by atoms with Crippen LogP contribution in [0.5, 0.6) is 11.5 Å². The molecule has 7 heteroatoms. The molecule has 0 unspecified atom stereocenters. The summed E-state index contributed by atoms with van der Waals surface area (Å²) in [6, 6.07) is 10.2. The van der Waals surface area contributed by atoms with E-state index in [1.807, 2.05) is 26.8 Å². The number of hydrogen-bond acceptors (Lipinski definition) is 5. The van der Waals surface area contributed by atoms with Crippen LogP contribution in [0.25, 0.3) is 0 Å². The normalized spacial score (nSPS) is 10.1. The Balaban J connectivity index is 1.96. The predicted octanol–water partition coefficient (Wildman–Crippen LogP) is 2.56. The van der Waals surface area contributed by atoms with E-state index >= 15 is 0 Å². The third kappa shape index (κ3) is 5.47. The van der Waals surface area contributed by atoms with E-state index in [0.717, 1.165) is 5.69 Å². The van der Waals surface area contributed by atoms with Crippen molar-refractivity contribution in [2.45, 2.75) is 20.8 Å². The monoisotopic (exact) mass is 357 g/mol. The van der Waals surface area contributed by atoms with Crippen molar-refractivity contribution < 1.29 is 19.1 Å². The predicted molar refractivity (Wildman–Crippen MR) is 98.7 cm³/mol. The highest BCUT2D eigenvalue weighted by Crippen LogP contribution is 2.28. The van der Waals surface area contributed by atoms with Crippen molar-refractivity contribution in [1.29, 1.82) is 0 Å². The van der Waals surface area contributed by atoms with Gasteiger partial charge in [0, 0.05) is 11.3 Å². The van der Waals surface area contributed by atoms with Gasteiger partial charge in [-0.3, -0.25) is 9.59 Å². The number of amides is 2. The number of aromatic nitrogens is 1. The maximum absolute atomic E-state index is 12.3. The number of pyridine rings is 1. The molecule has 0 bridgehead atoms. The summed E-state index contributed by atoms with van der Waals surface area (Å²) >= 11 is 0. The fourth-order valence-electron chi connectivity index (χ4n) is 2.25. The molecule has 2 N–H and O–H groups in total. The van der Waals surface area contributed by atoms with E-state index in [2.05, 4.69) is 15.6 Å². The number of anilines is 1. The molecule has 1 aromatic carbocycles. The lowest BCUT2D eigenvalue weighted by atomic mass is 10.2. The van der Waals surface area contributed by atoms with E-state index in [1.54, 1.807) is 30.3 Å². The lowest BCUT2D eigenvalue weighted by molar-refractivity contribution is -0.115. The number of ether oxygens (including phenoxy) is 2. The second-order valence-corrected chi connectivity index (χ2v) is 5.42. The molecular formula is C19H23N3O4. The minimum absolute atomic E-state index is 0.161. The van der Waals surface area contributed by atoms with E-state index in [0.29, 0.717) is 36.1 Å². The molecule has 2 rings (SSSR count). The molecule has 0 saturated heterocycles. The summed E-state index contributed by atoms with van der Waals surface area (Å²) in [5.74, 6) is 0.794. The average molecular weight is 357 g/mol. The van der Waals surface area contributed by atoms with Gasteiger partial charge in [-0.1, -0.05) is 6.07 Å². The molecule has 0 aliphatic heterocycles. The number of rotatable bonds is 8. The number of carbonyl (C=O) groups is 2. The van der Waals surface area contributed by atoms with Crippen molar-refractivity contribution in [3.05, 3.63) is 47.7 Å². The van der Waals surface area contributed by atoms with Crippen molar-refractivity contribution in [3.63, 3.8) is 0 Å². The number of carbonyl (C=O) groups excluding carboxylic acids is 2. The van der Waals surface area contributed by atoms with Crippen LogP contribution in [-0.4, -0.2) is 36.6 Å². The standard InChI is InChI=1S/C19H23N3O4/c1-4-25-15-10-9-14(11-16(15)26-5-2)19(24)20-12-18(23)22-17-8-6-7-13(3)21-17/h6-11H,4-5,12H2,1-3H3,(H,20,24)(H,21,22,23). The first-order chi connectivity index (χ1) is 12.5. The maximum atomic E-state index is 12.3. The summed E-state index contributed by atoms with van der Waals surface area (Å²) in [5.41, 5.74) is 1.18. The summed E-state index contributed by atoms with van der Waals surface area (Å²) < 4.78 is 11.0. The SMILES string of the molecule is CCOc1ccc(C(=O)NCC(=O)Nc2cccc(C)n2)cc1OCC. The van der Waals surface area contributed by atoms with Gasteiger partial charge in [0.05, 0.1) is 19.8 Å². The molecule has 0 fully saturated rings. The van der Waals surface area contributed by atoms with E-state index in [9.17, 15) is 9.59 Å². The zero-order chi connectivity index (χ0) is 18.9. The van der Waals surface area contributed by atoms with Gasteiger partial charge in [0.2, 0.25) is 5.91 Å². The fraction of sp³-hybridized carbons (Fsp3) is 0.316. The molecule has 0 aliphatic carbocycles. The Morgan fingerprint density at radius 2 is 1.77 bits per heavy atom. The van der Waals surface area contributed by atoms with Gasteiger partial charge in [-0.25, -0.2) is 4.98 Å². The first kappa shape index (κ1) is 19.2. The molecule has 1 heterocycles. The average Bonchev–Trinajstić information content (AvgIpc) is 2.61. The largest absolute Gasteiger partial charge is 0.490 e. The maximum Gasteiger partial charge on any atom is 0.251 e. The molecule has 0 aliphatic rings. The summed E-state index contributed by atoms with van der Waals surface area (Å²) in [5, 5.41) is 5.22. The number of nitrogens with zero attached hydrogens (tertiary/aromatic N) is 1. The molecular weight excluding hydrogens is 334 g/mol. The van der Waals surface area contributed by atoms with Crippen LogP contribution in [0.15, 0.2) is 36.4 Å². The first-order valence-corrected chi connectivity index (χ1v) is 8.44. The van der Waals surface area contributed by atoms with E-state index in [4.69, 9.17) is 9.47 Å². The van der Waals surface area contributed by atoms with Gasteiger partial charge in [-0.2, -0.15) is 0 Å². The molecule has 2 amide bonds. The van der Waals surface area contributed by atoms with Crippen LogP contribution in [0.4, 0.5) is 5.82 Å². The Labute approximate surface area is 152 Å². The number of hydrogen-bond donors (Lipinski definition) is 2. The van der Waals surface area contributed by atoms with Gasteiger partial charge in [0.25, 0.3) is 5.91 Å². The van der Waals surface area contributed by atoms with E-state index in [-0.39, 0.29) is 18.4 Å². The Bertz CT molecular complexity index is 777. The quantitative estimate of drug-likeness (QED) is 0.758. The van der Waals surface area contributed by atoms with Gasteiger partial charge < -0.3 is 20.1 Å². The van der Waals surface area contributed by atoms with Crippen molar-refractivity contribution in [2.24, 2.45) is 0 Å². The molecule has 0 atom stereocenters. The summed E-state index contributed by atoms with van der Waals surface area (Å²) in [7, 11) is 0. The Morgan fingerprint density at radius 1 is 1.04 bits per heavy atom. The Hall–Kier alpha value is -3.09. The van der Waals surface area contributed by atoms with Gasteiger partial charge in [-0.15, -0.1) is 0 Å². The van der Waals surface area contributed by atoms with Crippen molar-refractivity contribution >= 4 is 17.6 Å². The lowest BCUT2D eigenvalue weighted by Crippen LogP contribution is -2.33.